The second kappa shape index (κ2) is 8.76. The van der Waals surface area contributed by atoms with Crippen LogP contribution in [0.5, 0.6) is 5.75 Å². The lowest BCUT2D eigenvalue weighted by molar-refractivity contribution is -0.646. The lowest BCUT2D eigenvalue weighted by Crippen LogP contribution is -2.84. The van der Waals surface area contributed by atoms with Crippen molar-refractivity contribution in [3.63, 3.8) is 0 Å². The third-order valence-corrected chi connectivity index (χ3v) is 3.21. The van der Waals surface area contributed by atoms with Crippen LogP contribution >= 0.6 is 0 Å². The molecular weight excluding hydrogens is 222 g/mol. The largest absolute Gasteiger partial charge is 0.493 e. The Morgan fingerprint density at radius 2 is 2.17 bits per heavy atom. The summed E-state index contributed by atoms with van der Waals surface area (Å²) < 4.78 is 5.89. The molecule has 2 nitrogen and oxygen atoms in total. The van der Waals surface area contributed by atoms with Crippen molar-refractivity contribution in [1.29, 1.82) is 0 Å². The van der Waals surface area contributed by atoms with Crippen LogP contribution in [0.4, 0.5) is 0 Å². The van der Waals surface area contributed by atoms with Crippen molar-refractivity contribution >= 4 is 0 Å². The Hall–Kier alpha value is -1.28. The number of para-hydroxylation sites is 1. The van der Waals surface area contributed by atoms with E-state index >= 15 is 0 Å². The molecule has 2 heteroatoms. The zero-order valence-electron chi connectivity index (χ0n) is 11.7. The van der Waals surface area contributed by atoms with Crippen molar-refractivity contribution < 1.29 is 10.1 Å². The summed E-state index contributed by atoms with van der Waals surface area (Å²) in [5, 5.41) is 2.25. The van der Waals surface area contributed by atoms with Gasteiger partial charge >= 0.3 is 0 Å². The minimum absolute atomic E-state index is 0.563. The summed E-state index contributed by atoms with van der Waals surface area (Å²) in [5.74, 6) is 1.61. The fourth-order valence-electron chi connectivity index (χ4n) is 1.88. The summed E-state index contributed by atoms with van der Waals surface area (Å²) in [6.07, 6.45) is 4.15. The summed E-state index contributed by atoms with van der Waals surface area (Å²) in [5.41, 5.74) is 1.33. The van der Waals surface area contributed by atoms with E-state index in [1.165, 1.54) is 5.56 Å². The Balaban J connectivity index is 2.39. The van der Waals surface area contributed by atoms with Crippen molar-refractivity contribution in [2.24, 2.45) is 0 Å². The van der Waals surface area contributed by atoms with E-state index in [0.29, 0.717) is 5.92 Å². The van der Waals surface area contributed by atoms with Crippen LogP contribution in [0.3, 0.4) is 0 Å². The Labute approximate surface area is 111 Å². The Bertz CT molecular complexity index is 349. The van der Waals surface area contributed by atoms with Crippen LogP contribution in [0.1, 0.15) is 38.2 Å². The molecule has 0 bridgehead atoms. The molecule has 0 spiro atoms. The van der Waals surface area contributed by atoms with E-state index in [-0.39, 0.29) is 0 Å². The van der Waals surface area contributed by atoms with Gasteiger partial charge in [-0.3, -0.25) is 0 Å². The van der Waals surface area contributed by atoms with Crippen molar-refractivity contribution in [1.82, 2.24) is 0 Å². The monoisotopic (exact) mass is 248 g/mol. The van der Waals surface area contributed by atoms with Gasteiger partial charge in [0.15, 0.2) is 0 Å². The lowest BCUT2D eigenvalue weighted by atomic mass is 9.98. The van der Waals surface area contributed by atoms with Gasteiger partial charge in [0.2, 0.25) is 0 Å². The number of hydrogen-bond donors (Lipinski definition) is 1. The third kappa shape index (κ3) is 4.92. The second-order valence-electron chi connectivity index (χ2n) is 4.65. The fourth-order valence-corrected chi connectivity index (χ4v) is 1.88. The first-order valence-electron chi connectivity index (χ1n) is 6.93. The average molecular weight is 248 g/mol. The highest BCUT2D eigenvalue weighted by atomic mass is 16.5. The van der Waals surface area contributed by atoms with Gasteiger partial charge in [-0.25, -0.2) is 0 Å². The molecule has 0 amide bonds. The van der Waals surface area contributed by atoms with E-state index in [9.17, 15) is 0 Å². The molecule has 0 saturated heterocycles. The summed E-state index contributed by atoms with van der Waals surface area (Å²) in [6, 6.07) is 8.39. The molecule has 0 aromatic heterocycles. The molecule has 100 valence electrons. The van der Waals surface area contributed by atoms with Gasteiger partial charge in [0, 0.05) is 6.42 Å². The maximum atomic E-state index is 5.89. The smallest absolute Gasteiger partial charge is 0.122 e. The molecule has 0 aliphatic heterocycles. The standard InChI is InChI=1S/C16H25NO/c1-4-11-17-12-8-13-18-16-10-7-6-9-15(16)14(3)5-2/h4,6-7,9-10,14,17H,1,5,8,11-13H2,2-3H3/p+1/t14-/m1/s1. The van der Waals surface area contributed by atoms with Gasteiger partial charge in [0.05, 0.1) is 19.7 Å². The fraction of sp³-hybridized carbons (Fsp3) is 0.500. The summed E-state index contributed by atoms with van der Waals surface area (Å²) >= 11 is 0. The molecule has 1 atom stereocenters. The predicted octanol–water partition coefficient (Wildman–Crippen LogP) is 2.72. The van der Waals surface area contributed by atoms with E-state index in [4.69, 9.17) is 4.74 Å². The molecular formula is C16H26NO+. The van der Waals surface area contributed by atoms with Gasteiger partial charge in [-0.05, 0) is 30.0 Å². The quantitative estimate of drug-likeness (QED) is 0.528. The van der Waals surface area contributed by atoms with Crippen molar-refractivity contribution in [3.8, 4) is 5.75 Å². The highest BCUT2D eigenvalue weighted by Crippen LogP contribution is 2.28. The van der Waals surface area contributed by atoms with E-state index in [2.05, 4.69) is 43.9 Å². The normalized spacial score (nSPS) is 12.1. The Morgan fingerprint density at radius 1 is 1.39 bits per heavy atom. The van der Waals surface area contributed by atoms with Gasteiger partial charge in [-0.15, -0.1) is 0 Å². The van der Waals surface area contributed by atoms with Crippen LogP contribution in [0.2, 0.25) is 0 Å². The molecule has 2 N–H and O–H groups in total. The lowest BCUT2D eigenvalue weighted by Gasteiger charge is -2.15. The number of hydrogen-bond acceptors (Lipinski definition) is 1. The minimum Gasteiger partial charge on any atom is -0.493 e. The first kappa shape index (κ1) is 14.8. The van der Waals surface area contributed by atoms with E-state index in [1.807, 2.05) is 12.1 Å². The van der Waals surface area contributed by atoms with Crippen LogP contribution < -0.4 is 10.1 Å². The number of rotatable bonds is 9. The first-order valence-corrected chi connectivity index (χ1v) is 6.93. The molecule has 0 aliphatic rings. The Kier molecular flexibility index (Phi) is 7.19. The van der Waals surface area contributed by atoms with Crippen molar-refractivity contribution in [2.75, 3.05) is 19.7 Å². The molecule has 0 fully saturated rings. The topological polar surface area (TPSA) is 25.8 Å². The predicted molar refractivity (Wildman–Crippen MR) is 77.1 cm³/mol. The molecule has 0 aliphatic carbocycles. The van der Waals surface area contributed by atoms with Crippen LogP contribution in [0.25, 0.3) is 0 Å². The third-order valence-electron chi connectivity index (χ3n) is 3.21. The van der Waals surface area contributed by atoms with Crippen LogP contribution in [0, 0.1) is 0 Å². The molecule has 1 rings (SSSR count). The van der Waals surface area contributed by atoms with Crippen molar-refractivity contribution in [3.05, 3.63) is 42.5 Å². The van der Waals surface area contributed by atoms with Gasteiger partial charge < -0.3 is 10.1 Å². The van der Waals surface area contributed by atoms with E-state index < -0.39 is 0 Å². The molecule has 0 heterocycles. The second-order valence-corrected chi connectivity index (χ2v) is 4.65. The molecule has 1 aromatic carbocycles. The highest BCUT2D eigenvalue weighted by molar-refractivity contribution is 5.35. The summed E-state index contributed by atoms with van der Waals surface area (Å²) in [6.45, 7) is 11.0. The SMILES string of the molecule is C=CC[NH2+]CCCOc1ccccc1[C@H](C)CC. The zero-order chi connectivity index (χ0) is 13.2. The number of quaternary nitrogens is 1. The van der Waals surface area contributed by atoms with Crippen LogP contribution in [-0.2, 0) is 0 Å². The molecule has 1 aromatic rings. The van der Waals surface area contributed by atoms with E-state index in [1.54, 1.807) is 0 Å². The van der Waals surface area contributed by atoms with Gasteiger partial charge in [-0.2, -0.15) is 0 Å². The summed E-state index contributed by atoms with van der Waals surface area (Å²) in [4.78, 5) is 0. The highest BCUT2D eigenvalue weighted by Gasteiger charge is 2.08. The van der Waals surface area contributed by atoms with Gasteiger partial charge in [-0.1, -0.05) is 38.6 Å². The van der Waals surface area contributed by atoms with Crippen LogP contribution in [-0.4, -0.2) is 19.7 Å². The van der Waals surface area contributed by atoms with Crippen LogP contribution in [0.15, 0.2) is 36.9 Å². The summed E-state index contributed by atoms with van der Waals surface area (Å²) in [7, 11) is 0. The maximum absolute atomic E-state index is 5.89. The average Bonchev–Trinajstić information content (AvgIpc) is 2.42. The van der Waals surface area contributed by atoms with Crippen molar-refractivity contribution in [2.45, 2.75) is 32.6 Å². The molecule has 0 radical (unpaired) electrons. The van der Waals surface area contributed by atoms with Gasteiger partial charge in [0.25, 0.3) is 0 Å². The molecule has 0 unspecified atom stereocenters. The minimum atomic E-state index is 0.563. The molecule has 0 saturated carbocycles. The van der Waals surface area contributed by atoms with Gasteiger partial charge in [0.1, 0.15) is 5.75 Å². The number of ether oxygens (including phenoxy) is 1. The number of nitrogens with two attached hydrogens (primary N) is 1. The first-order chi connectivity index (χ1) is 8.79. The van der Waals surface area contributed by atoms with E-state index in [0.717, 1.165) is 38.3 Å². The zero-order valence-corrected chi connectivity index (χ0v) is 11.7. The molecule has 18 heavy (non-hydrogen) atoms. The maximum Gasteiger partial charge on any atom is 0.122 e. The number of benzene rings is 1. The Morgan fingerprint density at radius 3 is 2.89 bits per heavy atom.